The van der Waals surface area contributed by atoms with E-state index in [1.165, 1.54) is 30.5 Å². The van der Waals surface area contributed by atoms with Gasteiger partial charge in [-0.15, -0.1) is 3.89 Å². The van der Waals surface area contributed by atoms with E-state index in [1.807, 2.05) is 0 Å². The molecule has 0 aliphatic heterocycles. The van der Waals surface area contributed by atoms with Gasteiger partial charge in [0, 0.05) is 11.6 Å². The van der Waals surface area contributed by atoms with Crippen LogP contribution in [0, 0.1) is 0 Å². The fraction of sp³-hybridized carbons (Fsp3) is 0. The van der Waals surface area contributed by atoms with Gasteiger partial charge >= 0.3 is 10.2 Å². The molecular weight excluding hydrogens is 221 g/mol. The highest BCUT2D eigenvalue weighted by Crippen LogP contribution is 2.27. The normalized spacial score (nSPS) is 11.5. The number of hydrogen-bond acceptors (Lipinski definition) is 4. The molecule has 0 radical (unpaired) electrons. The van der Waals surface area contributed by atoms with Gasteiger partial charge in [0.05, 0.1) is 6.20 Å². The lowest BCUT2D eigenvalue weighted by atomic mass is 10.2. The van der Waals surface area contributed by atoms with E-state index < -0.39 is 15.1 Å². The Hall–Kier alpha value is -1.69. The molecule has 0 bridgehead atoms. The number of hydrogen-bond donors (Lipinski definition) is 0. The Morgan fingerprint density at radius 2 is 1.93 bits per heavy atom. The minimum atomic E-state index is -4.75. The highest BCUT2D eigenvalue weighted by molar-refractivity contribution is 7.86. The Kier molecular flexibility index (Phi) is 2.28. The fourth-order valence-electron chi connectivity index (χ4n) is 1.24. The van der Waals surface area contributed by atoms with Gasteiger partial charge in [0.2, 0.25) is 0 Å². The van der Waals surface area contributed by atoms with Gasteiger partial charge in [-0.25, -0.2) is 0 Å². The smallest absolute Gasteiger partial charge is 0.332 e. The van der Waals surface area contributed by atoms with E-state index in [0.717, 1.165) is 0 Å². The zero-order valence-corrected chi connectivity index (χ0v) is 8.24. The Morgan fingerprint density at radius 1 is 1.20 bits per heavy atom. The second-order valence-corrected chi connectivity index (χ2v) is 4.13. The summed E-state index contributed by atoms with van der Waals surface area (Å²) >= 11 is 0. The average Bonchev–Trinajstić information content (AvgIpc) is 2.69. The van der Waals surface area contributed by atoms with Gasteiger partial charge in [-0.3, -0.25) is 0 Å². The number of rotatable bonds is 2. The molecule has 0 saturated carbocycles. The van der Waals surface area contributed by atoms with Crippen LogP contribution in [0.2, 0.25) is 0 Å². The SMILES string of the molecule is O=S(=O)(F)c1ccccc1-c1ccno1. The molecule has 0 amide bonds. The Balaban J connectivity index is 2.68. The number of nitrogens with zero attached hydrogens (tertiary/aromatic N) is 1. The van der Waals surface area contributed by atoms with Crippen molar-refractivity contribution in [3.8, 4) is 11.3 Å². The molecular formula is C9H6FNO3S. The van der Waals surface area contributed by atoms with Crippen LogP contribution in [0.4, 0.5) is 3.89 Å². The molecule has 78 valence electrons. The topological polar surface area (TPSA) is 60.2 Å². The first-order valence-electron chi connectivity index (χ1n) is 4.04. The van der Waals surface area contributed by atoms with Crippen LogP contribution in [0.25, 0.3) is 11.3 Å². The van der Waals surface area contributed by atoms with Gasteiger partial charge in [-0.2, -0.15) is 8.42 Å². The molecule has 6 heteroatoms. The van der Waals surface area contributed by atoms with Gasteiger partial charge < -0.3 is 4.52 Å². The van der Waals surface area contributed by atoms with E-state index in [1.54, 1.807) is 6.07 Å². The maximum atomic E-state index is 12.9. The molecule has 0 unspecified atom stereocenters. The molecule has 0 fully saturated rings. The molecule has 2 rings (SSSR count). The maximum Gasteiger partial charge on any atom is 0.332 e. The molecule has 0 aliphatic rings. The van der Waals surface area contributed by atoms with Crippen LogP contribution in [0.15, 0.2) is 45.9 Å². The Morgan fingerprint density at radius 3 is 2.53 bits per heavy atom. The van der Waals surface area contributed by atoms with Crippen LogP contribution >= 0.6 is 0 Å². The van der Waals surface area contributed by atoms with Gasteiger partial charge in [0.15, 0.2) is 5.76 Å². The summed E-state index contributed by atoms with van der Waals surface area (Å²) in [7, 11) is -4.75. The van der Waals surface area contributed by atoms with Gasteiger partial charge in [0.25, 0.3) is 0 Å². The summed E-state index contributed by atoms with van der Waals surface area (Å²) in [4.78, 5) is -0.415. The molecule has 1 aromatic heterocycles. The molecule has 0 atom stereocenters. The molecule has 0 saturated heterocycles. The standard InChI is InChI=1S/C9H6FNO3S/c10-15(12,13)9-4-2-1-3-7(9)8-5-6-11-14-8/h1-6H. The van der Waals surface area contributed by atoms with E-state index in [4.69, 9.17) is 4.52 Å². The van der Waals surface area contributed by atoms with Crippen molar-refractivity contribution in [1.29, 1.82) is 0 Å². The van der Waals surface area contributed by atoms with E-state index in [2.05, 4.69) is 5.16 Å². The maximum absolute atomic E-state index is 12.9. The monoisotopic (exact) mass is 227 g/mol. The molecule has 1 aromatic carbocycles. The number of aromatic nitrogens is 1. The van der Waals surface area contributed by atoms with Crippen molar-refractivity contribution >= 4 is 10.2 Å². The molecule has 4 nitrogen and oxygen atoms in total. The van der Waals surface area contributed by atoms with Crippen molar-refractivity contribution in [3.63, 3.8) is 0 Å². The van der Waals surface area contributed by atoms with E-state index in [9.17, 15) is 12.3 Å². The van der Waals surface area contributed by atoms with Crippen molar-refractivity contribution in [1.82, 2.24) is 5.16 Å². The predicted octanol–water partition coefficient (Wildman–Crippen LogP) is 2.00. The fourth-order valence-corrected chi connectivity index (χ4v) is 1.91. The highest BCUT2D eigenvalue weighted by atomic mass is 32.3. The highest BCUT2D eigenvalue weighted by Gasteiger charge is 2.19. The number of benzene rings is 1. The summed E-state index contributed by atoms with van der Waals surface area (Å²) in [6, 6.07) is 7.11. The zero-order chi connectivity index (χ0) is 10.9. The van der Waals surface area contributed by atoms with Gasteiger partial charge in [-0.05, 0) is 12.1 Å². The first-order valence-corrected chi connectivity index (χ1v) is 5.42. The van der Waals surface area contributed by atoms with Crippen molar-refractivity contribution in [3.05, 3.63) is 36.5 Å². The third-order valence-corrected chi connectivity index (χ3v) is 2.73. The van der Waals surface area contributed by atoms with Gasteiger partial charge in [-0.1, -0.05) is 17.3 Å². The largest absolute Gasteiger partial charge is 0.356 e. The molecule has 1 heterocycles. The molecule has 0 aliphatic carbocycles. The van der Waals surface area contributed by atoms with E-state index in [0.29, 0.717) is 0 Å². The average molecular weight is 227 g/mol. The zero-order valence-electron chi connectivity index (χ0n) is 7.42. The van der Waals surface area contributed by atoms with Crippen LogP contribution in [0.5, 0.6) is 0 Å². The van der Waals surface area contributed by atoms with Gasteiger partial charge in [0.1, 0.15) is 4.90 Å². The summed E-state index contributed by atoms with van der Waals surface area (Å²) in [5, 5.41) is 3.43. The van der Waals surface area contributed by atoms with E-state index in [-0.39, 0.29) is 11.3 Å². The third-order valence-electron chi connectivity index (χ3n) is 1.85. The molecule has 0 spiro atoms. The van der Waals surface area contributed by atoms with Crippen LogP contribution < -0.4 is 0 Å². The summed E-state index contributed by atoms with van der Waals surface area (Å²) in [5.74, 6) is 0.215. The first kappa shape index (κ1) is 9.85. The summed E-state index contributed by atoms with van der Waals surface area (Å²) in [6.45, 7) is 0. The summed E-state index contributed by atoms with van der Waals surface area (Å²) in [5.41, 5.74) is 0.164. The summed E-state index contributed by atoms with van der Waals surface area (Å²) in [6.07, 6.45) is 1.36. The van der Waals surface area contributed by atoms with Crippen LogP contribution in [0.3, 0.4) is 0 Å². The molecule has 0 N–H and O–H groups in total. The number of halogens is 1. The second-order valence-electron chi connectivity index (χ2n) is 2.81. The lowest BCUT2D eigenvalue weighted by molar-refractivity contribution is 0.431. The Bertz CT molecular complexity index is 563. The van der Waals surface area contributed by atoms with Crippen molar-refractivity contribution in [2.24, 2.45) is 0 Å². The van der Waals surface area contributed by atoms with Crippen LogP contribution in [-0.4, -0.2) is 13.6 Å². The van der Waals surface area contributed by atoms with Crippen LogP contribution in [0.1, 0.15) is 0 Å². The van der Waals surface area contributed by atoms with Crippen LogP contribution in [-0.2, 0) is 10.2 Å². The second kappa shape index (κ2) is 3.47. The quantitative estimate of drug-likeness (QED) is 0.736. The van der Waals surface area contributed by atoms with Crippen molar-refractivity contribution in [2.45, 2.75) is 4.90 Å². The molecule has 15 heavy (non-hydrogen) atoms. The minimum Gasteiger partial charge on any atom is -0.356 e. The first-order chi connectivity index (χ1) is 7.09. The van der Waals surface area contributed by atoms with E-state index >= 15 is 0 Å². The lowest BCUT2D eigenvalue weighted by Gasteiger charge is -2.00. The molecule has 2 aromatic rings. The summed E-state index contributed by atoms with van der Waals surface area (Å²) < 4.78 is 39.3. The lowest BCUT2D eigenvalue weighted by Crippen LogP contribution is -1.94. The van der Waals surface area contributed by atoms with Crippen molar-refractivity contribution < 1.29 is 16.8 Å². The predicted molar refractivity (Wildman–Crippen MR) is 50.2 cm³/mol. The van der Waals surface area contributed by atoms with Crippen molar-refractivity contribution in [2.75, 3.05) is 0 Å². The minimum absolute atomic E-state index is 0.164. The third kappa shape index (κ3) is 1.89. The Labute approximate surface area is 85.5 Å².